The van der Waals surface area contributed by atoms with E-state index in [1.165, 1.54) is 25.7 Å². The standard InChI is InChI=1S/C13H27NO2/c1-5-7-8-12(6-2)10-14(4)9-11(3)13(15)16/h11-12H,5-10H2,1-4H3,(H,15,16). The van der Waals surface area contributed by atoms with Crippen molar-refractivity contribution < 1.29 is 9.90 Å². The Balaban J connectivity index is 3.90. The van der Waals surface area contributed by atoms with Crippen molar-refractivity contribution in [3.05, 3.63) is 0 Å². The summed E-state index contributed by atoms with van der Waals surface area (Å²) in [5.41, 5.74) is 0. The van der Waals surface area contributed by atoms with Gasteiger partial charge in [0.2, 0.25) is 0 Å². The third-order valence-electron chi connectivity index (χ3n) is 3.12. The lowest BCUT2D eigenvalue weighted by atomic mass is 9.98. The molecule has 0 aromatic carbocycles. The largest absolute Gasteiger partial charge is 0.481 e. The minimum Gasteiger partial charge on any atom is -0.481 e. The summed E-state index contributed by atoms with van der Waals surface area (Å²) < 4.78 is 0. The van der Waals surface area contributed by atoms with E-state index in [2.05, 4.69) is 18.7 Å². The molecule has 0 heterocycles. The number of carboxylic acid groups (broad SMARTS) is 1. The van der Waals surface area contributed by atoms with Crippen LogP contribution in [0.5, 0.6) is 0 Å². The smallest absolute Gasteiger partial charge is 0.307 e. The van der Waals surface area contributed by atoms with Gasteiger partial charge in [-0.3, -0.25) is 4.79 Å². The molecule has 0 saturated carbocycles. The first kappa shape index (κ1) is 15.4. The molecule has 0 saturated heterocycles. The third-order valence-corrected chi connectivity index (χ3v) is 3.12. The van der Waals surface area contributed by atoms with E-state index < -0.39 is 5.97 Å². The second-order valence-electron chi connectivity index (χ2n) is 4.88. The van der Waals surface area contributed by atoms with Crippen molar-refractivity contribution in [1.82, 2.24) is 4.90 Å². The summed E-state index contributed by atoms with van der Waals surface area (Å²) in [4.78, 5) is 12.9. The molecule has 0 aliphatic rings. The van der Waals surface area contributed by atoms with Gasteiger partial charge >= 0.3 is 5.97 Å². The normalized spacial score (nSPS) is 15.1. The lowest BCUT2D eigenvalue weighted by Crippen LogP contribution is -2.32. The molecule has 3 nitrogen and oxygen atoms in total. The Kier molecular flexibility index (Phi) is 8.26. The maximum absolute atomic E-state index is 10.7. The molecule has 16 heavy (non-hydrogen) atoms. The molecule has 1 N–H and O–H groups in total. The van der Waals surface area contributed by atoms with Crippen molar-refractivity contribution in [3.8, 4) is 0 Å². The Hall–Kier alpha value is -0.570. The van der Waals surface area contributed by atoms with E-state index in [0.717, 1.165) is 6.54 Å². The summed E-state index contributed by atoms with van der Waals surface area (Å²) in [5.74, 6) is -0.256. The monoisotopic (exact) mass is 229 g/mol. The second-order valence-corrected chi connectivity index (χ2v) is 4.88. The first-order valence-corrected chi connectivity index (χ1v) is 6.42. The number of carboxylic acids is 1. The van der Waals surface area contributed by atoms with Crippen LogP contribution in [0.4, 0.5) is 0 Å². The molecule has 0 aromatic rings. The summed E-state index contributed by atoms with van der Waals surface area (Å²) in [6.07, 6.45) is 4.97. The predicted molar refractivity (Wildman–Crippen MR) is 67.6 cm³/mol. The Bertz CT molecular complexity index is 194. The minimum absolute atomic E-state index is 0.270. The fourth-order valence-electron chi connectivity index (χ4n) is 1.98. The molecule has 0 radical (unpaired) electrons. The molecule has 3 heteroatoms. The molecule has 0 amide bonds. The van der Waals surface area contributed by atoms with Crippen molar-refractivity contribution >= 4 is 5.97 Å². The number of rotatable bonds is 9. The lowest BCUT2D eigenvalue weighted by Gasteiger charge is -2.24. The van der Waals surface area contributed by atoms with Gasteiger partial charge in [-0.2, -0.15) is 0 Å². The molecular weight excluding hydrogens is 202 g/mol. The molecule has 0 spiro atoms. The Morgan fingerprint density at radius 3 is 2.38 bits per heavy atom. The van der Waals surface area contributed by atoms with Gasteiger partial charge in [0.25, 0.3) is 0 Å². The van der Waals surface area contributed by atoms with Crippen LogP contribution in [0.15, 0.2) is 0 Å². The van der Waals surface area contributed by atoms with Gasteiger partial charge in [0.1, 0.15) is 0 Å². The van der Waals surface area contributed by atoms with Gasteiger partial charge in [-0.25, -0.2) is 0 Å². The van der Waals surface area contributed by atoms with Crippen LogP contribution < -0.4 is 0 Å². The highest BCUT2D eigenvalue weighted by Gasteiger charge is 2.15. The second kappa shape index (κ2) is 8.57. The molecule has 0 aliphatic heterocycles. The van der Waals surface area contributed by atoms with Gasteiger partial charge in [0.05, 0.1) is 5.92 Å². The van der Waals surface area contributed by atoms with E-state index in [9.17, 15) is 4.79 Å². The van der Waals surface area contributed by atoms with Crippen LogP contribution in [0.25, 0.3) is 0 Å². The first-order valence-electron chi connectivity index (χ1n) is 6.42. The SMILES string of the molecule is CCCCC(CC)CN(C)CC(C)C(=O)O. The maximum atomic E-state index is 10.7. The molecule has 0 aliphatic carbocycles. The van der Waals surface area contributed by atoms with Crippen LogP contribution in [-0.2, 0) is 4.79 Å². The Morgan fingerprint density at radius 1 is 1.31 bits per heavy atom. The minimum atomic E-state index is -0.701. The number of aliphatic carboxylic acids is 1. The van der Waals surface area contributed by atoms with Crippen LogP contribution >= 0.6 is 0 Å². The zero-order valence-corrected chi connectivity index (χ0v) is 11.2. The van der Waals surface area contributed by atoms with Gasteiger partial charge in [-0.1, -0.05) is 40.0 Å². The average Bonchev–Trinajstić information content (AvgIpc) is 2.23. The Labute approximate surface area is 99.8 Å². The van der Waals surface area contributed by atoms with E-state index in [0.29, 0.717) is 12.5 Å². The van der Waals surface area contributed by atoms with Crippen molar-refractivity contribution in [1.29, 1.82) is 0 Å². The molecule has 96 valence electrons. The van der Waals surface area contributed by atoms with Crippen molar-refractivity contribution in [3.63, 3.8) is 0 Å². The van der Waals surface area contributed by atoms with E-state index in [1.807, 2.05) is 7.05 Å². The van der Waals surface area contributed by atoms with E-state index in [1.54, 1.807) is 6.92 Å². The average molecular weight is 229 g/mol. The summed E-state index contributed by atoms with van der Waals surface area (Å²) >= 11 is 0. The summed E-state index contributed by atoms with van der Waals surface area (Å²) in [5, 5.41) is 8.84. The zero-order chi connectivity index (χ0) is 12.6. The molecule has 2 atom stereocenters. The fraction of sp³-hybridized carbons (Fsp3) is 0.923. The van der Waals surface area contributed by atoms with Gasteiger partial charge in [-0.05, 0) is 19.4 Å². The maximum Gasteiger partial charge on any atom is 0.307 e. The van der Waals surface area contributed by atoms with E-state index in [4.69, 9.17) is 5.11 Å². The van der Waals surface area contributed by atoms with Crippen molar-refractivity contribution in [2.45, 2.75) is 46.5 Å². The summed E-state index contributed by atoms with van der Waals surface area (Å²) in [6.45, 7) is 7.87. The van der Waals surface area contributed by atoms with E-state index in [-0.39, 0.29) is 5.92 Å². The van der Waals surface area contributed by atoms with E-state index >= 15 is 0 Å². The predicted octanol–water partition coefficient (Wildman–Crippen LogP) is 2.86. The summed E-state index contributed by atoms with van der Waals surface area (Å²) in [6, 6.07) is 0. The summed E-state index contributed by atoms with van der Waals surface area (Å²) in [7, 11) is 2.02. The highest BCUT2D eigenvalue weighted by atomic mass is 16.4. The van der Waals surface area contributed by atoms with Gasteiger partial charge < -0.3 is 10.0 Å². The topological polar surface area (TPSA) is 40.5 Å². The number of carbonyl (C=O) groups is 1. The molecule has 0 bridgehead atoms. The first-order chi connectivity index (χ1) is 7.51. The van der Waals surface area contributed by atoms with Crippen LogP contribution in [0.3, 0.4) is 0 Å². The molecule has 0 fully saturated rings. The molecule has 2 unspecified atom stereocenters. The Morgan fingerprint density at radius 2 is 1.94 bits per heavy atom. The molecular formula is C13H27NO2. The number of nitrogens with zero attached hydrogens (tertiary/aromatic N) is 1. The number of hydrogen-bond donors (Lipinski definition) is 1. The van der Waals surface area contributed by atoms with Crippen LogP contribution in [0, 0.1) is 11.8 Å². The molecule has 0 rings (SSSR count). The van der Waals surface area contributed by atoms with Crippen molar-refractivity contribution in [2.24, 2.45) is 11.8 Å². The van der Waals surface area contributed by atoms with Gasteiger partial charge in [-0.15, -0.1) is 0 Å². The van der Waals surface area contributed by atoms with Crippen LogP contribution in [-0.4, -0.2) is 36.1 Å². The molecule has 0 aromatic heterocycles. The van der Waals surface area contributed by atoms with Crippen molar-refractivity contribution in [2.75, 3.05) is 20.1 Å². The number of hydrogen-bond acceptors (Lipinski definition) is 2. The van der Waals surface area contributed by atoms with Gasteiger partial charge in [0, 0.05) is 13.1 Å². The highest BCUT2D eigenvalue weighted by molar-refractivity contribution is 5.69. The van der Waals surface area contributed by atoms with Crippen LogP contribution in [0.2, 0.25) is 0 Å². The number of unbranched alkanes of at least 4 members (excludes halogenated alkanes) is 1. The highest BCUT2D eigenvalue weighted by Crippen LogP contribution is 2.14. The third kappa shape index (κ3) is 6.83. The van der Waals surface area contributed by atoms with Gasteiger partial charge in [0.15, 0.2) is 0 Å². The fourth-order valence-corrected chi connectivity index (χ4v) is 1.98. The van der Waals surface area contributed by atoms with Crippen LogP contribution in [0.1, 0.15) is 46.5 Å². The quantitative estimate of drug-likeness (QED) is 0.661. The zero-order valence-electron chi connectivity index (χ0n) is 11.2. The lowest BCUT2D eigenvalue weighted by molar-refractivity contribution is -0.141.